The van der Waals surface area contributed by atoms with Crippen molar-refractivity contribution in [2.75, 3.05) is 5.32 Å². The van der Waals surface area contributed by atoms with Crippen LogP contribution < -0.4 is 5.32 Å². The van der Waals surface area contributed by atoms with E-state index in [4.69, 9.17) is 11.6 Å². The van der Waals surface area contributed by atoms with Crippen molar-refractivity contribution in [3.8, 4) is 0 Å². The van der Waals surface area contributed by atoms with Crippen LogP contribution in [0.3, 0.4) is 0 Å². The molecule has 0 aliphatic carbocycles. The summed E-state index contributed by atoms with van der Waals surface area (Å²) in [7, 11) is 0. The zero-order chi connectivity index (χ0) is 12.4. The fourth-order valence-electron chi connectivity index (χ4n) is 1.64. The Balaban J connectivity index is 2.12. The Bertz CT molecular complexity index is 522. The van der Waals surface area contributed by atoms with Crippen LogP contribution in [0.1, 0.15) is 28.3 Å². The van der Waals surface area contributed by atoms with Crippen molar-refractivity contribution in [1.29, 1.82) is 0 Å². The maximum absolute atomic E-state index is 5.90. The van der Waals surface area contributed by atoms with Gasteiger partial charge in [-0.1, -0.05) is 11.6 Å². The highest BCUT2D eigenvalue weighted by Crippen LogP contribution is 2.26. The Morgan fingerprint density at radius 2 is 2.12 bits per heavy atom. The second kappa shape index (κ2) is 5.07. The van der Waals surface area contributed by atoms with Gasteiger partial charge in [0.1, 0.15) is 5.15 Å². The van der Waals surface area contributed by atoms with Gasteiger partial charge in [-0.05, 0) is 44.5 Å². The van der Waals surface area contributed by atoms with Crippen LogP contribution in [-0.2, 0) is 0 Å². The minimum Gasteiger partial charge on any atom is -0.376 e. The molecular formula is C13H15ClN2S. The fourth-order valence-corrected chi connectivity index (χ4v) is 2.63. The molecule has 0 aromatic carbocycles. The molecule has 0 radical (unpaired) electrons. The van der Waals surface area contributed by atoms with Crippen molar-refractivity contribution in [2.24, 2.45) is 0 Å². The molecule has 0 saturated carbocycles. The van der Waals surface area contributed by atoms with E-state index in [9.17, 15) is 0 Å². The largest absolute Gasteiger partial charge is 0.376 e. The fraction of sp³-hybridized carbons (Fsp3) is 0.308. The minimum atomic E-state index is 0.288. The lowest BCUT2D eigenvalue weighted by molar-refractivity contribution is 0.905. The van der Waals surface area contributed by atoms with E-state index in [-0.39, 0.29) is 6.04 Å². The first-order chi connectivity index (χ1) is 8.06. The quantitative estimate of drug-likeness (QED) is 0.822. The number of nitrogens with zero attached hydrogens (tertiary/aromatic N) is 1. The van der Waals surface area contributed by atoms with E-state index >= 15 is 0 Å². The predicted molar refractivity (Wildman–Crippen MR) is 75.1 cm³/mol. The predicted octanol–water partition coefficient (Wildman–Crippen LogP) is 4.59. The minimum absolute atomic E-state index is 0.288. The maximum Gasteiger partial charge on any atom is 0.132 e. The highest BCUT2D eigenvalue weighted by molar-refractivity contribution is 7.12. The molecule has 90 valence electrons. The van der Waals surface area contributed by atoms with Crippen molar-refractivity contribution in [1.82, 2.24) is 4.98 Å². The summed E-state index contributed by atoms with van der Waals surface area (Å²) in [6.07, 6.45) is 1.77. The third kappa shape index (κ3) is 2.99. The molecule has 2 rings (SSSR count). The first-order valence-corrected chi connectivity index (χ1v) is 6.70. The third-order valence-corrected chi connectivity index (χ3v) is 4.16. The summed E-state index contributed by atoms with van der Waals surface area (Å²) in [6.45, 7) is 6.23. The number of hydrogen-bond donors (Lipinski definition) is 1. The number of aryl methyl sites for hydroxylation is 2. The number of nitrogens with one attached hydrogen (secondary N) is 1. The first-order valence-electron chi connectivity index (χ1n) is 5.51. The molecule has 0 bridgehead atoms. The lowest BCUT2D eigenvalue weighted by atomic mass is 10.2. The van der Waals surface area contributed by atoms with Crippen LogP contribution >= 0.6 is 22.9 Å². The van der Waals surface area contributed by atoms with Gasteiger partial charge in [0, 0.05) is 9.75 Å². The molecule has 1 N–H and O–H groups in total. The third-order valence-electron chi connectivity index (χ3n) is 2.59. The van der Waals surface area contributed by atoms with Gasteiger partial charge in [-0.15, -0.1) is 11.3 Å². The molecule has 2 aromatic rings. The average molecular weight is 267 g/mol. The second-order valence-electron chi connectivity index (χ2n) is 4.15. The Morgan fingerprint density at radius 1 is 1.35 bits per heavy atom. The van der Waals surface area contributed by atoms with Crippen LogP contribution in [0.15, 0.2) is 24.4 Å². The molecule has 0 fully saturated rings. The average Bonchev–Trinajstić information content (AvgIpc) is 2.70. The highest BCUT2D eigenvalue weighted by atomic mass is 35.5. The van der Waals surface area contributed by atoms with Crippen LogP contribution in [0, 0.1) is 13.8 Å². The van der Waals surface area contributed by atoms with E-state index in [0.717, 1.165) is 11.3 Å². The van der Waals surface area contributed by atoms with Gasteiger partial charge < -0.3 is 5.32 Å². The Kier molecular flexibility index (Phi) is 3.69. The number of rotatable bonds is 3. The molecule has 0 saturated heterocycles. The zero-order valence-corrected chi connectivity index (χ0v) is 11.7. The summed E-state index contributed by atoms with van der Waals surface area (Å²) in [5.74, 6) is 0. The molecule has 2 heterocycles. The van der Waals surface area contributed by atoms with Crippen LogP contribution in [0.4, 0.5) is 5.69 Å². The number of thiophene rings is 1. The zero-order valence-electron chi connectivity index (χ0n) is 10.1. The number of pyridine rings is 1. The molecule has 4 heteroatoms. The van der Waals surface area contributed by atoms with Gasteiger partial charge >= 0.3 is 0 Å². The number of halogens is 1. The molecule has 2 aromatic heterocycles. The summed E-state index contributed by atoms with van der Waals surface area (Å²) in [4.78, 5) is 6.80. The van der Waals surface area contributed by atoms with E-state index in [1.807, 2.05) is 24.3 Å². The monoisotopic (exact) mass is 266 g/mol. The van der Waals surface area contributed by atoms with Gasteiger partial charge in [0.15, 0.2) is 0 Å². The number of anilines is 1. The van der Waals surface area contributed by atoms with E-state index in [1.165, 1.54) is 9.75 Å². The molecule has 17 heavy (non-hydrogen) atoms. The molecule has 2 nitrogen and oxygen atoms in total. The van der Waals surface area contributed by atoms with Crippen molar-refractivity contribution in [3.05, 3.63) is 44.9 Å². The molecule has 0 aliphatic heterocycles. The van der Waals surface area contributed by atoms with Gasteiger partial charge in [-0.3, -0.25) is 0 Å². The topological polar surface area (TPSA) is 24.9 Å². The van der Waals surface area contributed by atoms with Gasteiger partial charge in [0.25, 0.3) is 0 Å². The van der Waals surface area contributed by atoms with E-state index in [0.29, 0.717) is 5.15 Å². The molecule has 1 unspecified atom stereocenters. The van der Waals surface area contributed by atoms with Gasteiger partial charge in [-0.2, -0.15) is 0 Å². The van der Waals surface area contributed by atoms with Crippen molar-refractivity contribution >= 4 is 28.6 Å². The van der Waals surface area contributed by atoms with E-state index in [2.05, 4.69) is 36.3 Å². The van der Waals surface area contributed by atoms with Crippen molar-refractivity contribution < 1.29 is 0 Å². The van der Waals surface area contributed by atoms with Crippen molar-refractivity contribution in [3.63, 3.8) is 0 Å². The van der Waals surface area contributed by atoms with Gasteiger partial charge in [-0.25, -0.2) is 4.98 Å². The van der Waals surface area contributed by atoms with Crippen LogP contribution in [0.5, 0.6) is 0 Å². The second-order valence-corrected chi connectivity index (χ2v) is 5.82. The van der Waals surface area contributed by atoms with Crippen LogP contribution in [-0.4, -0.2) is 4.98 Å². The lowest BCUT2D eigenvalue weighted by Gasteiger charge is -2.14. The molecule has 0 spiro atoms. The maximum atomic E-state index is 5.90. The molecule has 1 atom stereocenters. The Morgan fingerprint density at radius 3 is 2.71 bits per heavy atom. The van der Waals surface area contributed by atoms with E-state index in [1.54, 1.807) is 6.20 Å². The van der Waals surface area contributed by atoms with E-state index < -0.39 is 0 Å². The molecule has 0 aliphatic rings. The van der Waals surface area contributed by atoms with Gasteiger partial charge in [0.05, 0.1) is 17.9 Å². The summed E-state index contributed by atoms with van der Waals surface area (Å²) in [5, 5.41) is 3.99. The Hall–Kier alpha value is -1.06. The Labute approximate surface area is 111 Å². The number of aromatic nitrogens is 1. The number of hydrogen-bond acceptors (Lipinski definition) is 3. The smallest absolute Gasteiger partial charge is 0.132 e. The summed E-state index contributed by atoms with van der Waals surface area (Å²) in [5.41, 5.74) is 2.00. The highest BCUT2D eigenvalue weighted by Gasteiger charge is 2.08. The summed E-state index contributed by atoms with van der Waals surface area (Å²) >= 11 is 7.71. The van der Waals surface area contributed by atoms with Gasteiger partial charge in [0.2, 0.25) is 0 Å². The SMILES string of the molecule is Cc1ccc(C(C)Nc2cnc(Cl)c(C)c2)s1. The molecular weight excluding hydrogens is 252 g/mol. The van der Waals surface area contributed by atoms with Crippen LogP contribution in [0.25, 0.3) is 0 Å². The molecule has 0 amide bonds. The standard InChI is InChI=1S/C13H15ClN2S/c1-8-6-11(7-15-13(8)14)16-10(3)12-5-4-9(2)17-12/h4-7,10,16H,1-3H3. The first kappa shape index (κ1) is 12.4. The summed E-state index contributed by atoms with van der Waals surface area (Å²) in [6, 6.07) is 6.61. The van der Waals surface area contributed by atoms with Crippen LogP contribution in [0.2, 0.25) is 5.15 Å². The normalized spacial score (nSPS) is 12.5. The lowest BCUT2D eigenvalue weighted by Crippen LogP contribution is -2.05. The van der Waals surface area contributed by atoms with Crippen molar-refractivity contribution in [2.45, 2.75) is 26.8 Å². The summed E-state index contributed by atoms with van der Waals surface area (Å²) < 4.78 is 0.